The van der Waals surface area contributed by atoms with Gasteiger partial charge in [0.25, 0.3) is 0 Å². The van der Waals surface area contributed by atoms with E-state index < -0.39 is 5.97 Å². The molecule has 0 aliphatic carbocycles. The van der Waals surface area contributed by atoms with Crippen LogP contribution >= 0.6 is 23.5 Å². The minimum Gasteiger partial charge on any atom is -0.481 e. The highest BCUT2D eigenvalue weighted by atomic mass is 32.2. The molecule has 0 aromatic heterocycles. The summed E-state index contributed by atoms with van der Waals surface area (Å²) < 4.78 is 6.19. The van der Waals surface area contributed by atoms with E-state index in [1.807, 2.05) is 23.5 Å². The predicted octanol–water partition coefficient (Wildman–Crippen LogP) is 4.56. The third-order valence-electron chi connectivity index (χ3n) is 5.02. The Morgan fingerprint density at radius 2 is 1.79 bits per heavy atom. The Bertz CT molecular complexity index is 523. The molecular weight excluding hydrogens is 340 g/mol. The summed E-state index contributed by atoms with van der Waals surface area (Å²) in [5.74, 6) is 4.04. The Labute approximate surface area is 152 Å². The summed E-state index contributed by atoms with van der Waals surface area (Å²) in [4.78, 5) is 11.9. The fraction of sp³-hybridized carbons (Fsp3) is 0.632. The molecule has 2 saturated heterocycles. The fourth-order valence-corrected chi connectivity index (χ4v) is 6.25. The molecule has 2 aliphatic rings. The van der Waals surface area contributed by atoms with Gasteiger partial charge in [0.15, 0.2) is 0 Å². The van der Waals surface area contributed by atoms with Crippen molar-refractivity contribution in [2.24, 2.45) is 11.8 Å². The second kappa shape index (κ2) is 9.16. The van der Waals surface area contributed by atoms with E-state index in [4.69, 9.17) is 9.84 Å². The zero-order valence-corrected chi connectivity index (χ0v) is 15.6. The van der Waals surface area contributed by atoms with Crippen LogP contribution in [0.15, 0.2) is 35.2 Å². The van der Waals surface area contributed by atoms with Gasteiger partial charge in [0.1, 0.15) is 0 Å². The van der Waals surface area contributed by atoms with Crippen LogP contribution in [0, 0.1) is 11.8 Å². The largest absolute Gasteiger partial charge is 0.481 e. The van der Waals surface area contributed by atoms with Crippen LogP contribution < -0.4 is 0 Å². The van der Waals surface area contributed by atoms with Gasteiger partial charge in [-0.05, 0) is 49.3 Å². The van der Waals surface area contributed by atoms with Crippen LogP contribution in [0.2, 0.25) is 0 Å². The van der Waals surface area contributed by atoms with Gasteiger partial charge >= 0.3 is 5.97 Å². The molecule has 3 rings (SSSR count). The fourth-order valence-electron chi connectivity index (χ4n) is 3.74. The standard InChI is InChI=1S/C19H26O3S2/c20-19(21)8-4-5-11-23-12-15-16(18-10-9-17(15)22-18)13-24-14-6-2-1-3-7-14/h1-3,6-7,15-18H,4-5,8-13H2,(H,20,21)/t15-,16+,17-,18+/m0/s1. The third-order valence-corrected chi connectivity index (χ3v) is 7.37. The van der Waals surface area contributed by atoms with Gasteiger partial charge in [-0.25, -0.2) is 0 Å². The van der Waals surface area contributed by atoms with Crippen molar-refractivity contribution in [1.29, 1.82) is 0 Å². The molecular formula is C19H26O3S2. The molecule has 1 N–H and O–H groups in total. The van der Waals surface area contributed by atoms with Gasteiger partial charge < -0.3 is 9.84 Å². The van der Waals surface area contributed by atoms with E-state index in [0.717, 1.165) is 30.1 Å². The van der Waals surface area contributed by atoms with Crippen LogP contribution in [0.3, 0.4) is 0 Å². The highest BCUT2D eigenvalue weighted by molar-refractivity contribution is 7.99. The molecule has 5 heteroatoms. The SMILES string of the molecule is O=C(O)CCCCSC[C@H]1[C@@H](CSc2ccccc2)[C@H]2CC[C@@H]1O2. The number of carboxylic acids is 1. The topological polar surface area (TPSA) is 46.5 Å². The molecule has 4 atom stereocenters. The Kier molecular flexibility index (Phi) is 6.93. The summed E-state index contributed by atoms with van der Waals surface area (Å²) in [5.41, 5.74) is 0. The van der Waals surface area contributed by atoms with Crippen molar-refractivity contribution < 1.29 is 14.6 Å². The quantitative estimate of drug-likeness (QED) is 0.486. The number of benzene rings is 1. The van der Waals surface area contributed by atoms with Crippen molar-refractivity contribution in [2.45, 2.75) is 49.2 Å². The van der Waals surface area contributed by atoms with Crippen molar-refractivity contribution in [3.63, 3.8) is 0 Å². The lowest BCUT2D eigenvalue weighted by Gasteiger charge is -2.27. The molecule has 0 spiro atoms. The number of rotatable bonds is 10. The van der Waals surface area contributed by atoms with Crippen LogP contribution in [0.1, 0.15) is 32.1 Å². The summed E-state index contributed by atoms with van der Waals surface area (Å²) in [7, 11) is 0. The van der Waals surface area contributed by atoms with E-state index in [-0.39, 0.29) is 0 Å². The maximum atomic E-state index is 10.5. The van der Waals surface area contributed by atoms with Crippen molar-refractivity contribution in [3.05, 3.63) is 30.3 Å². The second-order valence-electron chi connectivity index (χ2n) is 6.67. The van der Waals surface area contributed by atoms with Crippen LogP contribution in [0.25, 0.3) is 0 Å². The molecule has 2 heterocycles. The third kappa shape index (κ3) is 4.93. The Morgan fingerprint density at radius 3 is 2.50 bits per heavy atom. The molecule has 24 heavy (non-hydrogen) atoms. The Morgan fingerprint density at radius 1 is 1.08 bits per heavy atom. The van der Waals surface area contributed by atoms with Gasteiger partial charge in [-0.15, -0.1) is 11.8 Å². The zero-order chi connectivity index (χ0) is 16.8. The lowest BCUT2D eigenvalue weighted by molar-refractivity contribution is -0.137. The number of thioether (sulfide) groups is 2. The maximum Gasteiger partial charge on any atom is 0.303 e. The van der Waals surface area contributed by atoms with E-state index in [0.29, 0.717) is 30.5 Å². The lowest BCUT2D eigenvalue weighted by atomic mass is 9.81. The molecule has 1 aromatic rings. The van der Waals surface area contributed by atoms with Crippen LogP contribution in [-0.4, -0.2) is 40.5 Å². The van der Waals surface area contributed by atoms with Gasteiger partial charge in [-0.3, -0.25) is 4.79 Å². The first-order valence-corrected chi connectivity index (χ1v) is 11.0. The van der Waals surface area contributed by atoms with Crippen molar-refractivity contribution in [1.82, 2.24) is 0 Å². The Hall–Kier alpha value is -0.650. The average molecular weight is 367 g/mol. The number of hydrogen-bond acceptors (Lipinski definition) is 4. The van der Waals surface area contributed by atoms with Crippen molar-refractivity contribution >= 4 is 29.5 Å². The van der Waals surface area contributed by atoms with Crippen molar-refractivity contribution in [3.8, 4) is 0 Å². The summed E-state index contributed by atoms with van der Waals surface area (Å²) in [6, 6.07) is 10.6. The van der Waals surface area contributed by atoms with E-state index in [2.05, 4.69) is 30.3 Å². The number of ether oxygens (including phenoxy) is 1. The maximum absolute atomic E-state index is 10.5. The first-order chi connectivity index (χ1) is 11.7. The van der Waals surface area contributed by atoms with Gasteiger partial charge in [-0.2, -0.15) is 11.8 Å². The normalized spacial score (nSPS) is 28.3. The number of fused-ring (bicyclic) bond motifs is 2. The van der Waals surface area contributed by atoms with Crippen molar-refractivity contribution in [2.75, 3.05) is 17.3 Å². The van der Waals surface area contributed by atoms with Crippen LogP contribution in [0.5, 0.6) is 0 Å². The number of carbonyl (C=O) groups is 1. The van der Waals surface area contributed by atoms with Crippen LogP contribution in [-0.2, 0) is 9.53 Å². The molecule has 0 unspecified atom stereocenters. The monoisotopic (exact) mass is 366 g/mol. The molecule has 132 valence electrons. The van der Waals surface area contributed by atoms with Gasteiger partial charge in [0.2, 0.25) is 0 Å². The van der Waals surface area contributed by atoms with E-state index in [1.165, 1.54) is 17.7 Å². The molecule has 2 bridgehead atoms. The Balaban J connectivity index is 1.42. The molecule has 0 radical (unpaired) electrons. The number of hydrogen-bond donors (Lipinski definition) is 1. The smallest absolute Gasteiger partial charge is 0.303 e. The summed E-state index contributed by atoms with van der Waals surface area (Å²) in [6.45, 7) is 0. The lowest BCUT2D eigenvalue weighted by Crippen LogP contribution is -2.30. The molecule has 2 fully saturated rings. The van der Waals surface area contributed by atoms with Gasteiger partial charge in [0, 0.05) is 28.9 Å². The first kappa shape index (κ1) is 18.2. The summed E-state index contributed by atoms with van der Waals surface area (Å²) in [6.07, 6.45) is 5.47. The summed E-state index contributed by atoms with van der Waals surface area (Å²) in [5, 5.41) is 8.68. The van der Waals surface area contributed by atoms with Gasteiger partial charge in [0.05, 0.1) is 12.2 Å². The molecule has 0 amide bonds. The minimum absolute atomic E-state index is 0.300. The second-order valence-corrected chi connectivity index (χ2v) is 8.91. The van der Waals surface area contributed by atoms with E-state index >= 15 is 0 Å². The first-order valence-electron chi connectivity index (χ1n) is 8.87. The highest BCUT2D eigenvalue weighted by Gasteiger charge is 2.48. The molecule has 1 aromatic carbocycles. The minimum atomic E-state index is -0.681. The highest BCUT2D eigenvalue weighted by Crippen LogP contribution is 2.46. The zero-order valence-electron chi connectivity index (χ0n) is 13.9. The number of carboxylic acid groups (broad SMARTS) is 1. The molecule has 2 aliphatic heterocycles. The van der Waals surface area contributed by atoms with E-state index in [1.54, 1.807) is 0 Å². The average Bonchev–Trinajstić information content (AvgIpc) is 3.18. The van der Waals surface area contributed by atoms with Crippen LogP contribution in [0.4, 0.5) is 0 Å². The summed E-state index contributed by atoms with van der Waals surface area (Å²) >= 11 is 3.94. The molecule has 3 nitrogen and oxygen atoms in total. The molecule has 0 saturated carbocycles. The number of unbranched alkanes of at least 4 members (excludes halogenated alkanes) is 1. The predicted molar refractivity (Wildman–Crippen MR) is 101 cm³/mol. The van der Waals surface area contributed by atoms with E-state index in [9.17, 15) is 4.79 Å². The number of aliphatic carboxylic acids is 1. The van der Waals surface area contributed by atoms with Gasteiger partial charge in [-0.1, -0.05) is 18.2 Å².